The molecule has 0 aromatic heterocycles. The van der Waals surface area contributed by atoms with E-state index in [-0.39, 0.29) is 5.91 Å². The lowest BCUT2D eigenvalue weighted by Gasteiger charge is -2.09. The van der Waals surface area contributed by atoms with Crippen molar-refractivity contribution in [2.75, 3.05) is 7.05 Å². The van der Waals surface area contributed by atoms with Crippen LogP contribution in [0.1, 0.15) is 16.7 Å². The summed E-state index contributed by atoms with van der Waals surface area (Å²) in [5, 5.41) is 3.09. The van der Waals surface area contributed by atoms with Gasteiger partial charge in [-0.25, -0.2) is 4.99 Å². The van der Waals surface area contributed by atoms with Gasteiger partial charge in [0.1, 0.15) is 12.4 Å². The summed E-state index contributed by atoms with van der Waals surface area (Å²) >= 11 is 1.39. The Morgan fingerprint density at radius 1 is 0.912 bits per heavy atom. The van der Waals surface area contributed by atoms with Gasteiger partial charge >= 0.3 is 0 Å². The Bertz CT molecular complexity index is 1400. The number of fused-ring (bicyclic) bond motifs is 1. The topological polar surface area (TPSA) is 41.9 Å². The summed E-state index contributed by atoms with van der Waals surface area (Å²) in [5.41, 5.74) is 4.11. The van der Waals surface area contributed by atoms with E-state index in [0.29, 0.717) is 16.7 Å². The van der Waals surface area contributed by atoms with Crippen molar-refractivity contribution in [1.82, 2.24) is 4.90 Å². The second-order valence-electron chi connectivity index (χ2n) is 8.20. The van der Waals surface area contributed by atoms with Crippen molar-refractivity contribution in [1.29, 1.82) is 0 Å². The summed E-state index contributed by atoms with van der Waals surface area (Å²) < 4.78 is 6.03. The third-order valence-electron chi connectivity index (χ3n) is 5.71. The molecule has 1 heterocycles. The van der Waals surface area contributed by atoms with E-state index in [2.05, 4.69) is 35.3 Å². The van der Waals surface area contributed by atoms with E-state index >= 15 is 0 Å². The molecule has 4 aromatic carbocycles. The zero-order chi connectivity index (χ0) is 23.5. The maximum absolute atomic E-state index is 12.7. The molecule has 0 spiro atoms. The van der Waals surface area contributed by atoms with Gasteiger partial charge in [0.15, 0.2) is 5.17 Å². The van der Waals surface area contributed by atoms with E-state index < -0.39 is 0 Å². The summed E-state index contributed by atoms with van der Waals surface area (Å²) in [4.78, 5) is 19.6. The van der Waals surface area contributed by atoms with Crippen molar-refractivity contribution in [3.63, 3.8) is 0 Å². The summed E-state index contributed by atoms with van der Waals surface area (Å²) in [5.74, 6) is 0.742. The van der Waals surface area contributed by atoms with Crippen LogP contribution in [0.3, 0.4) is 0 Å². The number of rotatable bonds is 5. The first-order chi connectivity index (χ1) is 16.6. The van der Waals surface area contributed by atoms with Gasteiger partial charge in [-0.15, -0.1) is 0 Å². The lowest BCUT2D eigenvalue weighted by Crippen LogP contribution is -2.23. The number of aryl methyl sites for hydroxylation is 1. The monoisotopic (exact) mass is 464 g/mol. The van der Waals surface area contributed by atoms with Gasteiger partial charge in [0.2, 0.25) is 0 Å². The minimum atomic E-state index is -0.0489. The second kappa shape index (κ2) is 9.57. The summed E-state index contributed by atoms with van der Waals surface area (Å²) in [6.45, 7) is 2.54. The highest BCUT2D eigenvalue weighted by Crippen LogP contribution is 2.33. The number of nitrogens with zero attached hydrogens (tertiary/aromatic N) is 2. The summed E-state index contributed by atoms with van der Waals surface area (Å²) in [7, 11) is 1.76. The van der Waals surface area contributed by atoms with E-state index in [1.54, 1.807) is 11.9 Å². The quantitative estimate of drug-likeness (QED) is 0.300. The number of amides is 1. The molecule has 0 N–H and O–H groups in total. The second-order valence-corrected chi connectivity index (χ2v) is 9.21. The van der Waals surface area contributed by atoms with Gasteiger partial charge < -0.3 is 4.74 Å². The zero-order valence-electron chi connectivity index (χ0n) is 19.1. The Balaban J connectivity index is 1.28. The average Bonchev–Trinajstić information content (AvgIpc) is 3.12. The minimum Gasteiger partial charge on any atom is -0.489 e. The highest BCUT2D eigenvalue weighted by Gasteiger charge is 2.30. The first-order valence-corrected chi connectivity index (χ1v) is 11.9. The average molecular weight is 465 g/mol. The molecular weight excluding hydrogens is 440 g/mol. The smallest absolute Gasteiger partial charge is 0.266 e. The third kappa shape index (κ3) is 4.75. The Labute approximate surface area is 203 Å². The van der Waals surface area contributed by atoms with E-state index in [9.17, 15) is 4.79 Å². The van der Waals surface area contributed by atoms with Crippen molar-refractivity contribution in [2.45, 2.75) is 13.5 Å². The molecule has 1 amide bonds. The van der Waals surface area contributed by atoms with Gasteiger partial charge in [0.05, 0.1) is 10.6 Å². The molecule has 0 atom stereocenters. The number of carbonyl (C=O) groups excluding carboxylic acids is 1. The molecule has 0 bridgehead atoms. The molecule has 5 heteroatoms. The van der Waals surface area contributed by atoms with Gasteiger partial charge in [0.25, 0.3) is 5.91 Å². The van der Waals surface area contributed by atoms with E-state index in [4.69, 9.17) is 4.74 Å². The normalized spacial score (nSPS) is 16.1. The summed E-state index contributed by atoms with van der Waals surface area (Å²) in [6.07, 6.45) is 1.90. The van der Waals surface area contributed by atoms with Gasteiger partial charge in [-0.1, -0.05) is 72.3 Å². The first-order valence-electron chi connectivity index (χ1n) is 11.1. The zero-order valence-corrected chi connectivity index (χ0v) is 19.9. The summed E-state index contributed by atoms with van der Waals surface area (Å²) in [6, 6.07) is 30.3. The number of amidine groups is 1. The van der Waals surface area contributed by atoms with Crippen molar-refractivity contribution >= 4 is 45.4 Å². The molecule has 1 aliphatic heterocycles. The molecule has 0 aliphatic carbocycles. The van der Waals surface area contributed by atoms with Crippen molar-refractivity contribution in [3.05, 3.63) is 113 Å². The van der Waals surface area contributed by atoms with Gasteiger partial charge in [0, 0.05) is 7.05 Å². The van der Waals surface area contributed by atoms with Gasteiger partial charge in [-0.05, 0) is 70.9 Å². The number of thioether (sulfide) groups is 1. The minimum absolute atomic E-state index is 0.0489. The Kier molecular flexibility index (Phi) is 6.19. The molecule has 1 aliphatic rings. The van der Waals surface area contributed by atoms with Crippen molar-refractivity contribution in [3.8, 4) is 5.75 Å². The van der Waals surface area contributed by atoms with Crippen LogP contribution in [0, 0.1) is 6.92 Å². The Morgan fingerprint density at radius 2 is 1.65 bits per heavy atom. The molecule has 168 valence electrons. The molecule has 1 fully saturated rings. The number of benzene rings is 4. The SMILES string of the molecule is Cc1ccc(N=C2S/C(=C/c3ccc(OCc4cccc5ccccc45)cc3)C(=O)N2C)cc1. The van der Waals surface area contributed by atoms with Gasteiger partial charge in [-0.3, -0.25) is 9.69 Å². The molecule has 5 rings (SSSR count). The van der Waals surface area contributed by atoms with Crippen LogP contribution in [0.5, 0.6) is 5.75 Å². The van der Waals surface area contributed by atoms with Crippen LogP contribution in [0.4, 0.5) is 5.69 Å². The van der Waals surface area contributed by atoms with Crippen LogP contribution in [0.15, 0.2) is 101 Å². The van der Waals surface area contributed by atoms with Crippen LogP contribution in [-0.2, 0) is 11.4 Å². The van der Waals surface area contributed by atoms with Crippen LogP contribution in [0.2, 0.25) is 0 Å². The molecular formula is C29H24N2O2S. The van der Waals surface area contributed by atoms with E-state index in [0.717, 1.165) is 22.6 Å². The molecule has 4 aromatic rings. The maximum atomic E-state index is 12.7. The molecule has 0 saturated carbocycles. The number of aliphatic imine (C=N–C) groups is 1. The predicted octanol–water partition coefficient (Wildman–Crippen LogP) is 6.96. The fourth-order valence-electron chi connectivity index (χ4n) is 3.77. The fourth-order valence-corrected chi connectivity index (χ4v) is 4.76. The highest BCUT2D eigenvalue weighted by molar-refractivity contribution is 8.18. The van der Waals surface area contributed by atoms with E-state index in [1.807, 2.05) is 73.7 Å². The molecule has 4 nitrogen and oxygen atoms in total. The third-order valence-corrected chi connectivity index (χ3v) is 6.77. The Hall–Kier alpha value is -3.83. The largest absolute Gasteiger partial charge is 0.489 e. The number of carbonyl (C=O) groups is 1. The molecule has 0 radical (unpaired) electrons. The molecule has 34 heavy (non-hydrogen) atoms. The van der Waals surface area contributed by atoms with Gasteiger partial charge in [-0.2, -0.15) is 0 Å². The van der Waals surface area contributed by atoms with Crippen LogP contribution < -0.4 is 4.74 Å². The predicted molar refractivity (Wildman–Crippen MR) is 141 cm³/mol. The van der Waals surface area contributed by atoms with E-state index in [1.165, 1.54) is 28.1 Å². The molecule has 1 saturated heterocycles. The maximum Gasteiger partial charge on any atom is 0.266 e. The van der Waals surface area contributed by atoms with Crippen LogP contribution in [-0.4, -0.2) is 23.0 Å². The van der Waals surface area contributed by atoms with Crippen LogP contribution >= 0.6 is 11.8 Å². The number of ether oxygens (including phenoxy) is 1. The Morgan fingerprint density at radius 3 is 2.44 bits per heavy atom. The first kappa shape index (κ1) is 22.0. The number of hydrogen-bond acceptors (Lipinski definition) is 4. The van der Waals surface area contributed by atoms with Crippen LogP contribution in [0.25, 0.3) is 16.8 Å². The highest BCUT2D eigenvalue weighted by atomic mass is 32.2. The lowest BCUT2D eigenvalue weighted by molar-refractivity contribution is -0.121. The number of likely N-dealkylation sites (N-methyl/N-ethyl adjacent to an activating group) is 1. The lowest BCUT2D eigenvalue weighted by atomic mass is 10.1. The fraction of sp³-hybridized carbons (Fsp3) is 0.103. The number of hydrogen-bond donors (Lipinski definition) is 0. The van der Waals surface area contributed by atoms with Crippen molar-refractivity contribution in [2.24, 2.45) is 4.99 Å². The molecule has 0 unspecified atom stereocenters. The standard InChI is InChI=1S/C29H24N2O2S/c1-20-10-14-24(15-11-20)30-29-31(2)28(32)27(34-29)18-21-12-16-25(17-13-21)33-19-23-8-5-7-22-6-3-4-9-26(22)23/h3-18H,19H2,1-2H3/b27-18+,30-29?. The van der Waals surface area contributed by atoms with Crippen molar-refractivity contribution < 1.29 is 9.53 Å².